The van der Waals surface area contributed by atoms with Crippen LogP contribution < -0.4 is 5.32 Å². The fraction of sp³-hybridized carbons (Fsp3) is 0.462. The molecule has 0 fully saturated rings. The molecule has 1 unspecified atom stereocenters. The van der Waals surface area contributed by atoms with E-state index in [2.05, 4.69) is 12.2 Å². The highest BCUT2D eigenvalue weighted by molar-refractivity contribution is 5.64. The number of rotatable bonds is 6. The number of hydrogen-bond acceptors (Lipinski definition) is 4. The fourth-order valence-corrected chi connectivity index (χ4v) is 1.73. The van der Waals surface area contributed by atoms with Gasteiger partial charge in [-0.05, 0) is 25.5 Å². The third-order valence-corrected chi connectivity index (χ3v) is 2.71. The quantitative estimate of drug-likeness (QED) is 0.616. The van der Waals surface area contributed by atoms with E-state index in [1.54, 1.807) is 0 Å². The summed E-state index contributed by atoms with van der Waals surface area (Å²) in [5, 5.41) is 22.8. The highest BCUT2D eigenvalue weighted by Crippen LogP contribution is 2.26. The van der Waals surface area contributed by atoms with Crippen molar-refractivity contribution in [3.8, 4) is 6.07 Å². The molecule has 1 aromatic carbocycles. The van der Waals surface area contributed by atoms with Crippen LogP contribution in [0.1, 0.15) is 38.7 Å². The smallest absolute Gasteiger partial charge is 0.292 e. The Labute approximate surface area is 107 Å². The lowest BCUT2D eigenvalue weighted by molar-refractivity contribution is -0.384. The Morgan fingerprint density at radius 3 is 2.83 bits per heavy atom. The van der Waals surface area contributed by atoms with E-state index in [-0.39, 0.29) is 11.7 Å². The van der Waals surface area contributed by atoms with Crippen molar-refractivity contribution < 1.29 is 4.92 Å². The molecule has 1 atom stereocenters. The van der Waals surface area contributed by atoms with Gasteiger partial charge in [-0.1, -0.05) is 19.8 Å². The summed E-state index contributed by atoms with van der Waals surface area (Å²) >= 11 is 0. The highest BCUT2D eigenvalue weighted by Gasteiger charge is 2.15. The number of unbranched alkanes of at least 4 members (excludes halogenated alkanes) is 1. The van der Waals surface area contributed by atoms with Gasteiger partial charge in [0.1, 0.15) is 5.69 Å². The van der Waals surface area contributed by atoms with Gasteiger partial charge in [-0.3, -0.25) is 10.1 Å². The van der Waals surface area contributed by atoms with Crippen molar-refractivity contribution in [3.63, 3.8) is 0 Å². The van der Waals surface area contributed by atoms with Gasteiger partial charge < -0.3 is 5.32 Å². The molecule has 0 aliphatic heterocycles. The third kappa shape index (κ3) is 3.74. The summed E-state index contributed by atoms with van der Waals surface area (Å²) in [4.78, 5) is 10.5. The van der Waals surface area contributed by atoms with Crippen molar-refractivity contribution in [2.24, 2.45) is 0 Å². The van der Waals surface area contributed by atoms with Crippen LogP contribution in [-0.2, 0) is 0 Å². The molecule has 0 amide bonds. The molecule has 0 radical (unpaired) electrons. The van der Waals surface area contributed by atoms with Crippen LogP contribution in [0.3, 0.4) is 0 Å². The summed E-state index contributed by atoms with van der Waals surface area (Å²) in [5.74, 6) is 0. The third-order valence-electron chi connectivity index (χ3n) is 2.71. The monoisotopic (exact) mass is 247 g/mol. The Morgan fingerprint density at radius 2 is 2.28 bits per heavy atom. The van der Waals surface area contributed by atoms with Crippen molar-refractivity contribution in [2.45, 2.75) is 39.2 Å². The van der Waals surface area contributed by atoms with Gasteiger partial charge in [-0.2, -0.15) is 5.26 Å². The predicted molar refractivity (Wildman–Crippen MR) is 70.4 cm³/mol. The lowest BCUT2D eigenvalue weighted by Crippen LogP contribution is -2.15. The first kappa shape index (κ1) is 14.0. The standard InChI is InChI=1S/C13H17N3O2/c1-3-4-5-10(2)15-12-8-11(9-14)6-7-13(12)16(17)18/h6-8,10,15H,3-5H2,1-2H3. The van der Waals surface area contributed by atoms with Crippen LogP contribution in [0.5, 0.6) is 0 Å². The van der Waals surface area contributed by atoms with E-state index in [1.807, 2.05) is 13.0 Å². The molecule has 1 rings (SSSR count). The Bertz CT molecular complexity index is 466. The van der Waals surface area contributed by atoms with E-state index in [9.17, 15) is 10.1 Å². The Morgan fingerprint density at radius 1 is 1.56 bits per heavy atom. The molecule has 18 heavy (non-hydrogen) atoms. The zero-order valence-electron chi connectivity index (χ0n) is 10.6. The van der Waals surface area contributed by atoms with Crippen molar-refractivity contribution in [3.05, 3.63) is 33.9 Å². The second kappa shape index (κ2) is 6.60. The van der Waals surface area contributed by atoms with Gasteiger partial charge in [-0.25, -0.2) is 0 Å². The van der Waals surface area contributed by atoms with E-state index in [4.69, 9.17) is 5.26 Å². The van der Waals surface area contributed by atoms with E-state index in [1.165, 1.54) is 18.2 Å². The molecule has 0 aliphatic carbocycles. The molecule has 5 nitrogen and oxygen atoms in total. The van der Waals surface area contributed by atoms with E-state index < -0.39 is 4.92 Å². The number of nitro groups is 1. The van der Waals surface area contributed by atoms with Gasteiger partial charge in [0, 0.05) is 12.1 Å². The fourth-order valence-electron chi connectivity index (χ4n) is 1.73. The maximum Gasteiger partial charge on any atom is 0.292 e. The Kier molecular flexibility index (Phi) is 5.12. The van der Waals surface area contributed by atoms with Gasteiger partial charge >= 0.3 is 0 Å². The normalized spacial score (nSPS) is 11.6. The Hall–Kier alpha value is -2.09. The average molecular weight is 247 g/mol. The molecular formula is C13H17N3O2. The van der Waals surface area contributed by atoms with Crippen LogP contribution in [0.4, 0.5) is 11.4 Å². The van der Waals surface area contributed by atoms with Gasteiger partial charge in [-0.15, -0.1) is 0 Å². The SMILES string of the molecule is CCCCC(C)Nc1cc(C#N)ccc1[N+](=O)[O-]. The number of nitriles is 1. The van der Waals surface area contributed by atoms with Gasteiger partial charge in [0.15, 0.2) is 0 Å². The highest BCUT2D eigenvalue weighted by atomic mass is 16.6. The molecule has 0 bridgehead atoms. The van der Waals surface area contributed by atoms with Gasteiger partial charge in [0.05, 0.1) is 16.6 Å². The minimum absolute atomic E-state index is 0.0114. The zero-order chi connectivity index (χ0) is 13.5. The maximum absolute atomic E-state index is 10.9. The van der Waals surface area contributed by atoms with Crippen molar-refractivity contribution in [1.29, 1.82) is 5.26 Å². The molecule has 0 saturated carbocycles. The summed E-state index contributed by atoms with van der Waals surface area (Å²) in [6.45, 7) is 4.09. The minimum atomic E-state index is -0.434. The number of hydrogen-bond donors (Lipinski definition) is 1. The van der Waals surface area contributed by atoms with Crippen LogP contribution in [0, 0.1) is 21.4 Å². The number of nitrogens with zero attached hydrogens (tertiary/aromatic N) is 2. The topological polar surface area (TPSA) is 79.0 Å². The molecule has 0 spiro atoms. The van der Waals surface area contributed by atoms with Gasteiger partial charge in [0.25, 0.3) is 5.69 Å². The van der Waals surface area contributed by atoms with Crippen molar-refractivity contribution in [2.75, 3.05) is 5.32 Å². The average Bonchev–Trinajstić information content (AvgIpc) is 2.35. The second-order valence-corrected chi connectivity index (χ2v) is 4.29. The van der Waals surface area contributed by atoms with Crippen LogP contribution in [0.2, 0.25) is 0 Å². The molecule has 5 heteroatoms. The van der Waals surface area contributed by atoms with Crippen LogP contribution in [0.15, 0.2) is 18.2 Å². The molecule has 0 saturated heterocycles. The molecule has 96 valence electrons. The molecule has 0 aliphatic rings. The lowest BCUT2D eigenvalue weighted by Gasteiger charge is -2.14. The van der Waals surface area contributed by atoms with Crippen molar-refractivity contribution >= 4 is 11.4 Å². The minimum Gasteiger partial charge on any atom is -0.377 e. The first-order valence-corrected chi connectivity index (χ1v) is 6.03. The van der Waals surface area contributed by atoms with Crippen LogP contribution in [-0.4, -0.2) is 11.0 Å². The number of anilines is 1. The zero-order valence-corrected chi connectivity index (χ0v) is 10.6. The predicted octanol–water partition coefficient (Wildman–Crippen LogP) is 3.46. The number of nitro benzene ring substituents is 1. The largest absolute Gasteiger partial charge is 0.377 e. The van der Waals surface area contributed by atoms with Crippen LogP contribution in [0.25, 0.3) is 0 Å². The molecular weight excluding hydrogens is 230 g/mol. The summed E-state index contributed by atoms with van der Waals surface area (Å²) in [6.07, 6.45) is 3.11. The van der Waals surface area contributed by atoms with E-state index in [0.717, 1.165) is 19.3 Å². The van der Waals surface area contributed by atoms with E-state index in [0.29, 0.717) is 11.3 Å². The molecule has 1 aromatic rings. The number of benzene rings is 1. The summed E-state index contributed by atoms with van der Waals surface area (Å²) in [6, 6.07) is 6.49. The molecule has 0 aromatic heterocycles. The van der Waals surface area contributed by atoms with Crippen molar-refractivity contribution in [1.82, 2.24) is 0 Å². The van der Waals surface area contributed by atoms with Crippen LogP contribution >= 0.6 is 0 Å². The summed E-state index contributed by atoms with van der Waals surface area (Å²) < 4.78 is 0. The first-order valence-electron chi connectivity index (χ1n) is 6.03. The van der Waals surface area contributed by atoms with Gasteiger partial charge in [0.2, 0.25) is 0 Å². The second-order valence-electron chi connectivity index (χ2n) is 4.29. The molecule has 1 N–H and O–H groups in total. The molecule has 0 heterocycles. The first-order chi connectivity index (χ1) is 8.58. The maximum atomic E-state index is 10.9. The number of nitrogens with one attached hydrogen (secondary N) is 1. The summed E-state index contributed by atoms with van der Waals surface area (Å²) in [5.41, 5.74) is 0.853. The lowest BCUT2D eigenvalue weighted by atomic mass is 10.1. The van der Waals surface area contributed by atoms with E-state index >= 15 is 0 Å². The summed E-state index contributed by atoms with van der Waals surface area (Å²) in [7, 11) is 0. The Balaban J connectivity index is 2.91.